The normalized spacial score (nSPS) is 13.4. The predicted molar refractivity (Wildman–Crippen MR) is 107 cm³/mol. The summed E-state index contributed by atoms with van der Waals surface area (Å²) in [5.41, 5.74) is 0. The second-order valence-electron chi connectivity index (χ2n) is 8.59. The van der Waals surface area contributed by atoms with Gasteiger partial charge in [0.25, 0.3) is 0 Å². The van der Waals surface area contributed by atoms with Crippen LogP contribution in [0.5, 0.6) is 0 Å². The first-order chi connectivity index (χ1) is 11.0. The van der Waals surface area contributed by atoms with Crippen LogP contribution in [0.4, 0.5) is 0 Å². The third-order valence-electron chi connectivity index (χ3n) is 5.36. The fourth-order valence-corrected chi connectivity index (χ4v) is 3.65. The van der Waals surface area contributed by atoms with E-state index in [1.165, 1.54) is 103 Å². The van der Waals surface area contributed by atoms with Crippen molar-refractivity contribution in [1.82, 2.24) is 0 Å². The van der Waals surface area contributed by atoms with Crippen LogP contribution in [-0.2, 0) is 0 Å². The van der Waals surface area contributed by atoms with E-state index >= 15 is 0 Å². The third-order valence-corrected chi connectivity index (χ3v) is 5.36. The fraction of sp³-hybridized carbons (Fsp3) is 1.00. The van der Waals surface area contributed by atoms with Gasteiger partial charge in [-0.15, -0.1) is 0 Å². The van der Waals surface area contributed by atoms with Crippen molar-refractivity contribution in [3.05, 3.63) is 0 Å². The molecule has 0 saturated carbocycles. The van der Waals surface area contributed by atoms with Crippen molar-refractivity contribution < 1.29 is 4.48 Å². The largest absolute Gasteiger partial charge is 0.328 e. The molecule has 0 fully saturated rings. The highest BCUT2D eigenvalue weighted by molar-refractivity contribution is 4.58. The molecule has 0 bridgehead atoms. The smallest absolute Gasteiger partial charge is 0.0884 e. The van der Waals surface area contributed by atoms with Gasteiger partial charge in [0.2, 0.25) is 0 Å². The maximum atomic E-state index is 2.36. The average Bonchev–Trinajstić information content (AvgIpc) is 2.49. The number of rotatable bonds is 17. The summed E-state index contributed by atoms with van der Waals surface area (Å²) in [5, 5.41) is 0. The highest BCUT2D eigenvalue weighted by atomic mass is 15.3. The van der Waals surface area contributed by atoms with Crippen LogP contribution in [0.2, 0.25) is 0 Å². The molecule has 23 heavy (non-hydrogen) atoms. The van der Waals surface area contributed by atoms with E-state index in [0.717, 1.165) is 10.5 Å². The molecule has 0 heterocycles. The Morgan fingerprint density at radius 2 is 0.870 bits per heavy atom. The number of unbranched alkanes of at least 4 members (excludes halogenated alkanes) is 12. The monoisotopic (exact) mass is 326 g/mol. The lowest BCUT2D eigenvalue weighted by atomic mass is 10.00. The summed E-state index contributed by atoms with van der Waals surface area (Å²) in [6.45, 7) is 4.62. The van der Waals surface area contributed by atoms with Gasteiger partial charge in [0.05, 0.1) is 27.2 Å². The Bertz CT molecular complexity index is 229. The first-order valence-corrected chi connectivity index (χ1v) is 10.8. The highest BCUT2D eigenvalue weighted by Crippen LogP contribution is 2.18. The number of hydrogen-bond donors (Lipinski definition) is 0. The lowest BCUT2D eigenvalue weighted by Crippen LogP contribution is -2.44. The first-order valence-electron chi connectivity index (χ1n) is 10.8. The lowest BCUT2D eigenvalue weighted by Gasteiger charge is -2.34. The molecule has 0 aromatic rings. The zero-order valence-corrected chi connectivity index (χ0v) is 17.3. The number of nitrogens with zero attached hydrogens (tertiary/aromatic N) is 1. The van der Waals surface area contributed by atoms with Crippen molar-refractivity contribution in [3.8, 4) is 0 Å². The van der Waals surface area contributed by atoms with Crippen LogP contribution in [0.15, 0.2) is 0 Å². The van der Waals surface area contributed by atoms with E-state index in [1.807, 2.05) is 0 Å². The molecule has 1 nitrogen and oxygen atoms in total. The summed E-state index contributed by atoms with van der Waals surface area (Å²) in [4.78, 5) is 0. The summed E-state index contributed by atoms with van der Waals surface area (Å²) < 4.78 is 1.14. The summed E-state index contributed by atoms with van der Waals surface area (Å²) >= 11 is 0. The van der Waals surface area contributed by atoms with Gasteiger partial charge in [-0.25, -0.2) is 0 Å². The minimum absolute atomic E-state index is 0.868. The van der Waals surface area contributed by atoms with E-state index in [4.69, 9.17) is 0 Å². The van der Waals surface area contributed by atoms with Gasteiger partial charge in [-0.1, -0.05) is 97.3 Å². The molecule has 0 aromatic carbocycles. The topological polar surface area (TPSA) is 0 Å². The second-order valence-corrected chi connectivity index (χ2v) is 8.59. The molecule has 0 saturated heterocycles. The van der Waals surface area contributed by atoms with E-state index in [9.17, 15) is 0 Å². The van der Waals surface area contributed by atoms with Gasteiger partial charge in [0.1, 0.15) is 0 Å². The molecule has 0 aliphatic heterocycles. The minimum atomic E-state index is 0.868. The minimum Gasteiger partial charge on any atom is -0.328 e. The maximum absolute atomic E-state index is 2.36. The summed E-state index contributed by atoms with van der Waals surface area (Å²) in [7, 11) is 7.09. The second kappa shape index (κ2) is 15.5. The van der Waals surface area contributed by atoms with Crippen LogP contribution >= 0.6 is 0 Å². The highest BCUT2D eigenvalue weighted by Gasteiger charge is 2.21. The molecule has 1 atom stereocenters. The van der Waals surface area contributed by atoms with Crippen molar-refractivity contribution in [2.45, 2.75) is 123 Å². The van der Waals surface area contributed by atoms with Gasteiger partial charge in [0, 0.05) is 0 Å². The van der Waals surface area contributed by atoms with Gasteiger partial charge < -0.3 is 4.48 Å². The van der Waals surface area contributed by atoms with Crippen LogP contribution in [0.3, 0.4) is 0 Å². The quantitative estimate of drug-likeness (QED) is 0.194. The van der Waals surface area contributed by atoms with E-state index in [0.29, 0.717) is 0 Å². The number of hydrogen-bond acceptors (Lipinski definition) is 0. The van der Waals surface area contributed by atoms with Crippen LogP contribution in [0.1, 0.15) is 117 Å². The summed E-state index contributed by atoms with van der Waals surface area (Å²) in [5.74, 6) is 0. The van der Waals surface area contributed by atoms with E-state index in [1.54, 1.807) is 0 Å². The van der Waals surface area contributed by atoms with Crippen LogP contribution < -0.4 is 0 Å². The van der Waals surface area contributed by atoms with Crippen molar-refractivity contribution in [2.75, 3.05) is 21.1 Å². The Hall–Kier alpha value is -0.0400. The lowest BCUT2D eigenvalue weighted by molar-refractivity contribution is -0.896. The molecule has 0 rings (SSSR count). The Labute approximate surface area is 148 Å². The zero-order chi connectivity index (χ0) is 17.4. The first kappa shape index (κ1) is 23.0. The van der Waals surface area contributed by atoms with Gasteiger partial charge >= 0.3 is 0 Å². The van der Waals surface area contributed by atoms with E-state index in [2.05, 4.69) is 35.0 Å². The Kier molecular flexibility index (Phi) is 15.5. The molecule has 0 aliphatic carbocycles. The molecule has 0 radical (unpaired) electrons. The predicted octanol–water partition coefficient (Wildman–Crippen LogP) is 7.34. The molecular formula is C22H48N+. The van der Waals surface area contributed by atoms with Crippen molar-refractivity contribution in [1.29, 1.82) is 0 Å². The fourth-order valence-electron chi connectivity index (χ4n) is 3.65. The van der Waals surface area contributed by atoms with Gasteiger partial charge in [-0.05, 0) is 19.3 Å². The number of quaternary nitrogens is 1. The van der Waals surface area contributed by atoms with Gasteiger partial charge in [-0.3, -0.25) is 0 Å². The molecule has 1 heteroatoms. The molecule has 0 spiro atoms. The molecular weight excluding hydrogens is 278 g/mol. The molecule has 0 aliphatic rings. The Morgan fingerprint density at radius 3 is 1.22 bits per heavy atom. The molecule has 1 unspecified atom stereocenters. The van der Waals surface area contributed by atoms with Crippen LogP contribution in [-0.4, -0.2) is 31.7 Å². The Balaban J connectivity index is 3.32. The average molecular weight is 327 g/mol. The Morgan fingerprint density at radius 1 is 0.478 bits per heavy atom. The van der Waals surface area contributed by atoms with Crippen molar-refractivity contribution >= 4 is 0 Å². The summed E-state index contributed by atoms with van der Waals surface area (Å²) in [6, 6.07) is 0.868. The van der Waals surface area contributed by atoms with Gasteiger partial charge in [-0.2, -0.15) is 0 Å². The van der Waals surface area contributed by atoms with E-state index in [-0.39, 0.29) is 0 Å². The molecule has 0 aromatic heterocycles. The van der Waals surface area contributed by atoms with Gasteiger partial charge in [0.15, 0.2) is 0 Å². The van der Waals surface area contributed by atoms with Crippen LogP contribution in [0, 0.1) is 0 Å². The third kappa shape index (κ3) is 15.2. The molecule has 0 amide bonds. The standard InChI is InChI=1S/C22H48N/c1-6-8-9-10-11-12-13-14-15-16-17-18-19-21-22(20-7-2)23(3,4)5/h22H,6-21H2,1-5H3/q+1. The SMILES string of the molecule is CCCCCCCCCCCCCCCC(CCC)[N+](C)(C)C. The van der Waals surface area contributed by atoms with Crippen LogP contribution in [0.25, 0.3) is 0 Å². The molecule has 140 valence electrons. The molecule has 0 N–H and O–H groups in total. The zero-order valence-electron chi connectivity index (χ0n) is 17.3. The van der Waals surface area contributed by atoms with Crippen molar-refractivity contribution in [3.63, 3.8) is 0 Å². The van der Waals surface area contributed by atoms with Crippen molar-refractivity contribution in [2.24, 2.45) is 0 Å². The summed E-state index contributed by atoms with van der Waals surface area (Å²) in [6.07, 6.45) is 23.1. The van der Waals surface area contributed by atoms with E-state index < -0.39 is 0 Å². The maximum Gasteiger partial charge on any atom is 0.0884 e.